The second-order valence-corrected chi connectivity index (χ2v) is 6.92. The summed E-state index contributed by atoms with van der Waals surface area (Å²) in [5.74, 6) is 0. The molecule has 0 aliphatic carbocycles. The first-order chi connectivity index (χ1) is 10.6. The van der Waals surface area contributed by atoms with E-state index in [9.17, 15) is 0 Å². The maximum atomic E-state index is 5.40. The summed E-state index contributed by atoms with van der Waals surface area (Å²) >= 11 is 7.20. The molecule has 22 heavy (non-hydrogen) atoms. The van der Waals surface area contributed by atoms with Crippen LogP contribution in [0.4, 0.5) is 5.69 Å². The Morgan fingerprint density at radius 3 is 2.50 bits per heavy atom. The highest BCUT2D eigenvalue weighted by molar-refractivity contribution is 7.80. The molecule has 0 aliphatic rings. The number of nitrogens with one attached hydrogen (secondary N) is 3. The van der Waals surface area contributed by atoms with E-state index in [1.165, 1.54) is 15.3 Å². The fourth-order valence-electron chi connectivity index (χ4n) is 2.27. The zero-order valence-corrected chi connectivity index (χ0v) is 15.0. The summed E-state index contributed by atoms with van der Waals surface area (Å²) in [5.41, 5.74) is 2.36. The molecule has 1 aromatic heterocycles. The van der Waals surface area contributed by atoms with Gasteiger partial charge in [0.25, 0.3) is 0 Å². The zero-order valence-electron chi connectivity index (χ0n) is 13.3. The summed E-state index contributed by atoms with van der Waals surface area (Å²) in [6, 6.07) is 13.1. The molecule has 5 heteroatoms. The van der Waals surface area contributed by atoms with Crippen LogP contribution in [-0.2, 0) is 6.42 Å². The van der Waals surface area contributed by atoms with Gasteiger partial charge >= 0.3 is 0 Å². The lowest BCUT2D eigenvalue weighted by atomic mass is 10.1. The topological polar surface area (TPSA) is 28.5 Å². The van der Waals surface area contributed by atoms with Crippen molar-refractivity contribution < 1.29 is 4.90 Å². The Balaban J connectivity index is 1.88. The number of quaternary nitrogens is 1. The average molecular weight is 335 g/mol. The smallest absolute Gasteiger partial charge is 0.171 e. The second kappa shape index (κ2) is 8.27. The molecular formula is C17H24N3S2+. The van der Waals surface area contributed by atoms with E-state index in [1.807, 2.05) is 0 Å². The maximum Gasteiger partial charge on any atom is 0.171 e. The normalized spacial score (nSPS) is 12.2. The molecule has 1 atom stereocenters. The third kappa shape index (κ3) is 4.80. The van der Waals surface area contributed by atoms with Gasteiger partial charge in [0.2, 0.25) is 0 Å². The van der Waals surface area contributed by atoms with Gasteiger partial charge in [-0.25, -0.2) is 0 Å². The fourth-order valence-corrected chi connectivity index (χ4v) is 3.43. The van der Waals surface area contributed by atoms with E-state index in [2.05, 4.69) is 73.4 Å². The molecule has 0 aliphatic heterocycles. The predicted molar refractivity (Wildman–Crippen MR) is 99.9 cm³/mol. The minimum atomic E-state index is 0.405. The van der Waals surface area contributed by atoms with Crippen LogP contribution in [0.25, 0.3) is 0 Å². The van der Waals surface area contributed by atoms with Crippen molar-refractivity contribution in [2.24, 2.45) is 0 Å². The van der Waals surface area contributed by atoms with E-state index < -0.39 is 0 Å². The summed E-state index contributed by atoms with van der Waals surface area (Å²) in [6.07, 6.45) is 1.05. The number of anilines is 1. The van der Waals surface area contributed by atoms with Crippen LogP contribution in [0.2, 0.25) is 0 Å². The van der Waals surface area contributed by atoms with Crippen molar-refractivity contribution in [1.29, 1.82) is 0 Å². The Labute approximate surface area is 142 Å². The zero-order chi connectivity index (χ0) is 15.9. The van der Waals surface area contributed by atoms with Crippen molar-refractivity contribution in [2.75, 3.05) is 26.0 Å². The van der Waals surface area contributed by atoms with Crippen LogP contribution in [0.3, 0.4) is 0 Å². The Morgan fingerprint density at radius 2 is 1.95 bits per heavy atom. The number of hydrogen-bond acceptors (Lipinski definition) is 2. The van der Waals surface area contributed by atoms with E-state index in [4.69, 9.17) is 12.2 Å². The van der Waals surface area contributed by atoms with Crippen molar-refractivity contribution in [3.63, 3.8) is 0 Å². The number of rotatable bonds is 6. The lowest BCUT2D eigenvalue weighted by molar-refractivity contribution is -0.890. The van der Waals surface area contributed by atoms with Crippen LogP contribution in [0.1, 0.15) is 23.4 Å². The van der Waals surface area contributed by atoms with Gasteiger partial charge in [-0.3, -0.25) is 0 Å². The number of aryl methyl sites for hydroxylation is 1. The van der Waals surface area contributed by atoms with Crippen molar-refractivity contribution in [3.8, 4) is 0 Å². The first-order valence-electron chi connectivity index (χ1n) is 7.57. The van der Waals surface area contributed by atoms with Crippen LogP contribution in [-0.4, -0.2) is 25.8 Å². The van der Waals surface area contributed by atoms with Gasteiger partial charge in [-0.15, -0.1) is 11.3 Å². The number of hydrogen-bond donors (Lipinski definition) is 3. The van der Waals surface area contributed by atoms with Crippen molar-refractivity contribution in [2.45, 2.75) is 19.4 Å². The van der Waals surface area contributed by atoms with Gasteiger partial charge in [0, 0.05) is 5.69 Å². The van der Waals surface area contributed by atoms with Crippen LogP contribution >= 0.6 is 23.6 Å². The van der Waals surface area contributed by atoms with E-state index >= 15 is 0 Å². The molecule has 118 valence electrons. The van der Waals surface area contributed by atoms with E-state index in [1.54, 1.807) is 11.3 Å². The molecule has 2 aromatic rings. The van der Waals surface area contributed by atoms with Gasteiger partial charge in [0.15, 0.2) is 5.11 Å². The summed E-state index contributed by atoms with van der Waals surface area (Å²) in [5, 5.41) is 9.38. The van der Waals surface area contributed by atoms with Crippen molar-refractivity contribution in [3.05, 3.63) is 52.2 Å². The van der Waals surface area contributed by atoms with Crippen LogP contribution in [0.5, 0.6) is 0 Å². The Bertz CT molecular complexity index is 576. The van der Waals surface area contributed by atoms with Gasteiger partial charge in [0.05, 0.1) is 25.5 Å². The average Bonchev–Trinajstić information content (AvgIpc) is 3.02. The SMILES string of the molecule is CCc1ccc(NC(=S)NC[C@H](c2cccs2)[NH+](C)C)cc1. The van der Waals surface area contributed by atoms with Crippen molar-refractivity contribution >= 4 is 34.4 Å². The quantitative estimate of drug-likeness (QED) is 0.709. The van der Waals surface area contributed by atoms with E-state index in [-0.39, 0.29) is 0 Å². The minimum absolute atomic E-state index is 0.405. The first-order valence-corrected chi connectivity index (χ1v) is 8.86. The highest BCUT2D eigenvalue weighted by Crippen LogP contribution is 2.15. The standard InChI is InChI=1S/C17H23N3S2/c1-4-13-7-9-14(10-8-13)19-17(21)18-12-15(20(2)3)16-6-5-11-22-16/h5-11,15H,4,12H2,1-3H3,(H2,18,19,21)/p+1/t15-/m1/s1. The van der Waals surface area contributed by atoms with Gasteiger partial charge in [-0.05, 0) is 47.8 Å². The molecular weight excluding hydrogens is 310 g/mol. The minimum Gasteiger partial charge on any atom is -0.356 e. The fraction of sp³-hybridized carbons (Fsp3) is 0.353. The third-order valence-corrected chi connectivity index (χ3v) is 4.90. The third-order valence-electron chi connectivity index (χ3n) is 3.67. The molecule has 0 radical (unpaired) electrons. The number of thiophene rings is 1. The molecule has 0 saturated carbocycles. The summed E-state index contributed by atoms with van der Waals surface area (Å²) in [6.45, 7) is 2.98. The van der Waals surface area contributed by atoms with Gasteiger partial charge < -0.3 is 15.5 Å². The van der Waals surface area contributed by atoms with Crippen molar-refractivity contribution in [1.82, 2.24) is 5.32 Å². The number of likely N-dealkylation sites (N-methyl/N-ethyl adjacent to an activating group) is 1. The van der Waals surface area contributed by atoms with Gasteiger partial charge in [-0.2, -0.15) is 0 Å². The Hall–Kier alpha value is -1.43. The summed E-state index contributed by atoms with van der Waals surface area (Å²) in [7, 11) is 4.35. The molecule has 1 heterocycles. The number of thiocarbonyl (C=S) groups is 1. The molecule has 0 fully saturated rings. The van der Waals surface area contributed by atoms with Crippen LogP contribution in [0, 0.1) is 0 Å². The molecule has 1 aromatic carbocycles. The molecule has 0 spiro atoms. The number of benzene rings is 1. The Kier molecular flexibility index (Phi) is 6.36. The molecule has 3 nitrogen and oxygen atoms in total. The molecule has 0 bridgehead atoms. The lowest BCUT2D eigenvalue weighted by Crippen LogP contribution is -3.06. The molecule has 0 amide bonds. The highest BCUT2D eigenvalue weighted by Gasteiger charge is 2.18. The predicted octanol–water partition coefficient (Wildman–Crippen LogP) is 2.48. The Morgan fingerprint density at radius 1 is 1.23 bits per heavy atom. The van der Waals surface area contributed by atoms with E-state index in [0.29, 0.717) is 11.2 Å². The summed E-state index contributed by atoms with van der Waals surface area (Å²) in [4.78, 5) is 2.77. The second-order valence-electron chi connectivity index (χ2n) is 5.53. The first kappa shape index (κ1) is 16.9. The molecule has 3 N–H and O–H groups in total. The van der Waals surface area contributed by atoms with Crippen LogP contribution in [0.15, 0.2) is 41.8 Å². The van der Waals surface area contributed by atoms with Gasteiger partial charge in [0.1, 0.15) is 6.04 Å². The van der Waals surface area contributed by atoms with E-state index in [0.717, 1.165) is 18.7 Å². The molecule has 0 saturated heterocycles. The monoisotopic (exact) mass is 334 g/mol. The highest BCUT2D eigenvalue weighted by atomic mass is 32.1. The lowest BCUT2D eigenvalue weighted by Gasteiger charge is -2.21. The summed E-state index contributed by atoms with van der Waals surface area (Å²) < 4.78 is 0. The maximum absolute atomic E-state index is 5.40. The van der Waals surface area contributed by atoms with Crippen LogP contribution < -0.4 is 15.5 Å². The molecule has 0 unspecified atom stereocenters. The molecule has 2 rings (SSSR count). The van der Waals surface area contributed by atoms with Gasteiger partial charge in [-0.1, -0.05) is 25.1 Å². The largest absolute Gasteiger partial charge is 0.356 e.